The first-order valence-corrected chi connectivity index (χ1v) is 8.51. The second-order valence-corrected chi connectivity index (χ2v) is 5.94. The number of Topliss-reactive ketones (excluding diaryl/α,β-unsaturated/α-hetero) is 1. The highest BCUT2D eigenvalue weighted by Gasteiger charge is 2.23. The molecule has 134 valence electrons. The zero-order chi connectivity index (χ0) is 18.1. The van der Waals surface area contributed by atoms with Crippen LogP contribution in [-0.4, -0.2) is 28.3 Å². The summed E-state index contributed by atoms with van der Waals surface area (Å²) in [5.41, 5.74) is -1.17. The monoisotopic (exact) mass is 337 g/mol. The molecule has 0 aromatic carbocycles. The van der Waals surface area contributed by atoms with Crippen LogP contribution in [0.2, 0.25) is 0 Å². The predicted molar refractivity (Wildman–Crippen MR) is 93.4 cm³/mol. The molecular weight excluding hydrogens is 310 g/mol. The minimum absolute atomic E-state index is 0.166. The third-order valence-electron chi connectivity index (χ3n) is 3.91. The van der Waals surface area contributed by atoms with E-state index in [2.05, 4.69) is 16.3 Å². The number of hydrogen-bond acceptors (Lipinski definition) is 6. The lowest BCUT2D eigenvalue weighted by Crippen LogP contribution is -2.15. The highest BCUT2D eigenvalue weighted by Crippen LogP contribution is 2.28. The maximum Gasteiger partial charge on any atom is 0.351 e. The maximum absolute atomic E-state index is 11.8. The van der Waals surface area contributed by atoms with Crippen molar-refractivity contribution < 1.29 is 19.4 Å². The number of carbonyl (C=O) groups excluding carboxylic acids is 1. The largest absolute Gasteiger partial charge is 0.506 e. The van der Waals surface area contributed by atoms with Gasteiger partial charge in [0.25, 0.3) is 5.95 Å². The lowest BCUT2D eigenvalue weighted by atomic mass is 10.1. The van der Waals surface area contributed by atoms with Gasteiger partial charge < -0.3 is 14.6 Å². The maximum atomic E-state index is 11.8. The Kier molecular flexibility index (Phi) is 8.22. The molecule has 0 radical (unpaired) electrons. The second kappa shape index (κ2) is 9.90. The molecule has 1 rings (SSSR count). The van der Waals surface area contributed by atoms with Gasteiger partial charge in [-0.15, -0.1) is 0 Å². The first-order chi connectivity index (χ1) is 11.4. The van der Waals surface area contributed by atoms with E-state index in [0.29, 0.717) is 12.3 Å². The molecule has 6 heteroatoms. The molecule has 0 spiro atoms. The van der Waals surface area contributed by atoms with E-state index >= 15 is 0 Å². The van der Waals surface area contributed by atoms with E-state index in [-0.39, 0.29) is 5.56 Å². The minimum atomic E-state index is -0.907. The summed E-state index contributed by atoms with van der Waals surface area (Å²) in [5.74, 6) is -2.03. The number of carbonyl (C=O) groups is 1. The molecule has 0 unspecified atom stereocenters. The molecule has 0 fully saturated rings. The van der Waals surface area contributed by atoms with Crippen LogP contribution in [0.3, 0.4) is 0 Å². The Balaban J connectivity index is 2.71. The quantitative estimate of drug-likeness (QED) is 0.384. The standard InChI is InChI=1S/C18H27NO5/c1-4-5-6-7-8-9-10-11-19-12(2)14-16(21)15(13(3)20)18(23)24-17(14)22/h21,23H,4-11H2,1-3H3. The van der Waals surface area contributed by atoms with Crippen LogP contribution in [0.1, 0.15) is 81.6 Å². The van der Waals surface area contributed by atoms with Crippen molar-refractivity contribution >= 4 is 11.5 Å². The van der Waals surface area contributed by atoms with Crippen molar-refractivity contribution in [3.8, 4) is 11.7 Å². The molecule has 0 aliphatic rings. The molecule has 1 aromatic rings. The molecule has 1 heterocycles. The van der Waals surface area contributed by atoms with E-state index in [4.69, 9.17) is 0 Å². The van der Waals surface area contributed by atoms with Gasteiger partial charge in [-0.05, 0) is 20.3 Å². The Morgan fingerprint density at radius 1 is 1.00 bits per heavy atom. The number of rotatable bonds is 10. The van der Waals surface area contributed by atoms with Gasteiger partial charge in [-0.2, -0.15) is 0 Å². The van der Waals surface area contributed by atoms with E-state index < -0.39 is 28.7 Å². The van der Waals surface area contributed by atoms with Crippen LogP contribution < -0.4 is 5.63 Å². The van der Waals surface area contributed by atoms with E-state index in [0.717, 1.165) is 19.3 Å². The minimum Gasteiger partial charge on any atom is -0.506 e. The third kappa shape index (κ3) is 5.51. The molecule has 2 N–H and O–H groups in total. The van der Waals surface area contributed by atoms with Gasteiger partial charge in [0, 0.05) is 6.54 Å². The summed E-state index contributed by atoms with van der Waals surface area (Å²) in [6.45, 7) is 5.47. The summed E-state index contributed by atoms with van der Waals surface area (Å²) in [7, 11) is 0. The molecule has 0 atom stereocenters. The fraction of sp³-hybridized carbons (Fsp3) is 0.611. The molecule has 1 aromatic heterocycles. The molecule has 0 aliphatic heterocycles. The van der Waals surface area contributed by atoms with Gasteiger partial charge >= 0.3 is 5.63 Å². The van der Waals surface area contributed by atoms with Crippen molar-refractivity contribution in [1.82, 2.24) is 0 Å². The van der Waals surface area contributed by atoms with Gasteiger partial charge in [0.1, 0.15) is 16.9 Å². The molecule has 0 aliphatic carbocycles. The summed E-state index contributed by atoms with van der Waals surface area (Å²) >= 11 is 0. The van der Waals surface area contributed by atoms with Gasteiger partial charge in [0.15, 0.2) is 5.78 Å². The van der Waals surface area contributed by atoms with E-state index in [9.17, 15) is 19.8 Å². The third-order valence-corrected chi connectivity index (χ3v) is 3.91. The molecule has 0 saturated carbocycles. The summed E-state index contributed by atoms with van der Waals surface area (Å²) in [6.07, 6.45) is 8.10. The number of unbranched alkanes of at least 4 members (excludes halogenated alkanes) is 6. The van der Waals surface area contributed by atoms with Crippen LogP contribution >= 0.6 is 0 Å². The topological polar surface area (TPSA) is 100 Å². The smallest absolute Gasteiger partial charge is 0.351 e. The number of ketones is 1. The summed E-state index contributed by atoms with van der Waals surface area (Å²) in [4.78, 5) is 27.6. The number of aromatic hydroxyl groups is 2. The van der Waals surface area contributed by atoms with Crippen LogP contribution in [0, 0.1) is 0 Å². The molecule has 0 amide bonds. The van der Waals surface area contributed by atoms with Gasteiger partial charge in [-0.3, -0.25) is 9.79 Å². The van der Waals surface area contributed by atoms with Crippen molar-refractivity contribution in [2.24, 2.45) is 4.99 Å². The Bertz CT molecular complexity index is 646. The summed E-state index contributed by atoms with van der Waals surface area (Å²) < 4.78 is 4.62. The predicted octanol–water partition coefficient (Wildman–Crippen LogP) is 3.81. The van der Waals surface area contributed by atoms with Crippen molar-refractivity contribution in [1.29, 1.82) is 0 Å². The zero-order valence-electron chi connectivity index (χ0n) is 14.7. The summed E-state index contributed by atoms with van der Waals surface area (Å²) in [5, 5.41) is 19.6. The first-order valence-electron chi connectivity index (χ1n) is 8.51. The van der Waals surface area contributed by atoms with Gasteiger partial charge in [0.2, 0.25) is 0 Å². The van der Waals surface area contributed by atoms with Crippen molar-refractivity contribution in [2.45, 2.75) is 65.7 Å². The number of aliphatic imine (C=N–C) groups is 1. The molecular formula is C18H27NO5. The fourth-order valence-corrected chi connectivity index (χ4v) is 2.54. The second-order valence-electron chi connectivity index (χ2n) is 5.94. The number of nitrogens with zero attached hydrogens (tertiary/aromatic N) is 1. The highest BCUT2D eigenvalue weighted by molar-refractivity contribution is 6.06. The van der Waals surface area contributed by atoms with E-state index in [1.807, 2.05) is 0 Å². The summed E-state index contributed by atoms with van der Waals surface area (Å²) in [6, 6.07) is 0. The van der Waals surface area contributed by atoms with Crippen molar-refractivity contribution in [2.75, 3.05) is 6.54 Å². The zero-order valence-corrected chi connectivity index (χ0v) is 14.7. The Hall–Kier alpha value is -2.11. The molecule has 24 heavy (non-hydrogen) atoms. The normalized spacial score (nSPS) is 11.7. The SMILES string of the molecule is CCCCCCCCCN=C(C)c1c(O)c(C(C)=O)c(O)oc1=O. The molecule has 0 bridgehead atoms. The van der Waals surface area contributed by atoms with Crippen LogP contribution in [0.4, 0.5) is 0 Å². The van der Waals surface area contributed by atoms with E-state index in [1.54, 1.807) is 6.92 Å². The average Bonchev–Trinajstić information content (AvgIpc) is 2.48. The average molecular weight is 337 g/mol. The van der Waals surface area contributed by atoms with Gasteiger partial charge in [-0.1, -0.05) is 45.4 Å². The fourth-order valence-electron chi connectivity index (χ4n) is 2.54. The van der Waals surface area contributed by atoms with Crippen LogP contribution in [0.5, 0.6) is 11.7 Å². The lowest BCUT2D eigenvalue weighted by Gasteiger charge is -2.07. The van der Waals surface area contributed by atoms with E-state index in [1.165, 1.54) is 32.6 Å². The van der Waals surface area contributed by atoms with Gasteiger partial charge in [-0.25, -0.2) is 4.79 Å². The molecule has 0 saturated heterocycles. The van der Waals surface area contributed by atoms with Crippen molar-refractivity contribution in [3.05, 3.63) is 21.5 Å². The Morgan fingerprint density at radius 3 is 2.17 bits per heavy atom. The van der Waals surface area contributed by atoms with Crippen LogP contribution in [0.15, 0.2) is 14.2 Å². The van der Waals surface area contributed by atoms with Crippen LogP contribution in [0.25, 0.3) is 0 Å². The molecule has 6 nitrogen and oxygen atoms in total. The van der Waals surface area contributed by atoms with Crippen molar-refractivity contribution in [3.63, 3.8) is 0 Å². The Labute approximate surface area is 142 Å². The van der Waals surface area contributed by atoms with Crippen LogP contribution in [-0.2, 0) is 0 Å². The number of hydrogen-bond donors (Lipinski definition) is 2. The lowest BCUT2D eigenvalue weighted by molar-refractivity contribution is 0.100. The first kappa shape index (κ1) is 19.9. The van der Waals surface area contributed by atoms with Gasteiger partial charge in [0.05, 0.1) is 5.71 Å². The Morgan fingerprint density at radius 2 is 1.58 bits per heavy atom. The highest BCUT2D eigenvalue weighted by atomic mass is 16.5.